The highest BCUT2D eigenvalue weighted by Crippen LogP contribution is 2.32. The van der Waals surface area contributed by atoms with Gasteiger partial charge < -0.3 is 4.42 Å². The summed E-state index contributed by atoms with van der Waals surface area (Å²) in [7, 11) is -3.74. The first-order chi connectivity index (χ1) is 15.9. The number of fused-ring (bicyclic) bond motifs is 1. The van der Waals surface area contributed by atoms with Crippen LogP contribution in [0.1, 0.15) is 22.3 Å². The van der Waals surface area contributed by atoms with Crippen LogP contribution in [0.4, 0.5) is 11.7 Å². The number of carbonyl (C=O) groups excluding carboxylic acids is 1. The molecule has 0 bridgehead atoms. The highest BCUT2D eigenvalue weighted by molar-refractivity contribution is 9.11. The van der Waals surface area contributed by atoms with Gasteiger partial charge in [0.05, 0.1) is 19.2 Å². The molecule has 4 aromatic rings. The van der Waals surface area contributed by atoms with Gasteiger partial charge in [0, 0.05) is 12.1 Å². The number of nitrogens with one attached hydrogen (secondary N) is 1. The van der Waals surface area contributed by atoms with Crippen molar-refractivity contribution in [3.63, 3.8) is 0 Å². The third kappa shape index (κ3) is 4.31. The first-order valence-electron chi connectivity index (χ1n) is 10.0. The Balaban J connectivity index is 1.32. The van der Waals surface area contributed by atoms with Crippen LogP contribution in [-0.4, -0.2) is 31.1 Å². The topological polar surface area (TPSA) is 105 Å². The van der Waals surface area contributed by atoms with Gasteiger partial charge in [-0.05, 0) is 76.8 Å². The molecule has 0 unspecified atom stereocenters. The van der Waals surface area contributed by atoms with Crippen molar-refractivity contribution in [2.45, 2.75) is 17.7 Å². The molecular weight excluding hydrogens is 528 g/mol. The van der Waals surface area contributed by atoms with Crippen LogP contribution in [0.5, 0.6) is 0 Å². The van der Waals surface area contributed by atoms with Gasteiger partial charge in [-0.3, -0.25) is 14.4 Å². The Morgan fingerprint density at radius 1 is 1.06 bits per heavy atom. The van der Waals surface area contributed by atoms with Crippen LogP contribution in [0.2, 0.25) is 0 Å². The molecule has 33 heavy (non-hydrogen) atoms. The van der Waals surface area contributed by atoms with Gasteiger partial charge in [0.15, 0.2) is 0 Å². The predicted molar refractivity (Wildman–Crippen MR) is 129 cm³/mol. The van der Waals surface area contributed by atoms with E-state index in [2.05, 4.69) is 31.4 Å². The summed E-state index contributed by atoms with van der Waals surface area (Å²) in [4.78, 5) is 13.5. The number of anilines is 2. The monoisotopic (exact) mass is 544 g/mol. The van der Waals surface area contributed by atoms with Gasteiger partial charge in [-0.25, -0.2) is 8.42 Å². The SMILES string of the molecule is O=C(Nc1nnc(-c2ccc(Br)s2)o1)c1ccc(S(=O)(=O)N2CCCc3ccccc32)cc1. The second-order valence-electron chi connectivity index (χ2n) is 7.30. The van der Waals surface area contributed by atoms with E-state index in [1.165, 1.54) is 39.9 Å². The van der Waals surface area contributed by atoms with E-state index in [-0.39, 0.29) is 16.5 Å². The standard InChI is InChI=1S/C22H17BrN4O4S2/c23-19-12-11-18(32-19)21-25-26-22(31-21)24-20(28)15-7-9-16(10-8-15)33(29,30)27-13-3-5-14-4-1-2-6-17(14)27/h1-2,4,6-12H,3,5,13H2,(H,24,26,28). The highest BCUT2D eigenvalue weighted by Gasteiger charge is 2.29. The summed E-state index contributed by atoms with van der Waals surface area (Å²) >= 11 is 4.80. The lowest BCUT2D eigenvalue weighted by Gasteiger charge is -2.30. The molecule has 0 aliphatic carbocycles. The molecule has 0 saturated carbocycles. The zero-order valence-corrected chi connectivity index (χ0v) is 20.3. The van der Waals surface area contributed by atoms with Crippen molar-refractivity contribution in [3.05, 3.63) is 75.6 Å². The van der Waals surface area contributed by atoms with Gasteiger partial charge in [0.25, 0.3) is 21.8 Å². The summed E-state index contributed by atoms with van der Waals surface area (Å²) in [5.74, 6) is -0.186. The first-order valence-corrected chi connectivity index (χ1v) is 13.1. The lowest BCUT2D eigenvalue weighted by Crippen LogP contribution is -2.35. The molecule has 0 atom stereocenters. The largest absolute Gasteiger partial charge is 0.402 e. The zero-order chi connectivity index (χ0) is 23.0. The summed E-state index contributed by atoms with van der Waals surface area (Å²) in [5.41, 5.74) is 1.99. The fraction of sp³-hybridized carbons (Fsp3) is 0.136. The van der Waals surface area contributed by atoms with Gasteiger partial charge in [-0.2, -0.15) is 0 Å². The number of hydrogen-bond donors (Lipinski definition) is 1. The van der Waals surface area contributed by atoms with Gasteiger partial charge in [0.2, 0.25) is 0 Å². The Hall–Kier alpha value is -3.02. The molecular formula is C22H17BrN4O4S2. The summed E-state index contributed by atoms with van der Waals surface area (Å²) < 4.78 is 34.4. The average Bonchev–Trinajstić information content (AvgIpc) is 3.47. The predicted octanol–water partition coefficient (Wildman–Crippen LogP) is 4.95. The van der Waals surface area contributed by atoms with Crippen molar-refractivity contribution in [1.29, 1.82) is 0 Å². The maximum atomic E-state index is 13.3. The van der Waals surface area contributed by atoms with Crippen molar-refractivity contribution >= 4 is 54.9 Å². The number of rotatable bonds is 5. The van der Waals surface area contributed by atoms with E-state index in [0.29, 0.717) is 18.1 Å². The molecule has 3 heterocycles. The second kappa shape index (κ2) is 8.73. The van der Waals surface area contributed by atoms with Gasteiger partial charge in [-0.1, -0.05) is 23.3 Å². The first kappa shape index (κ1) is 21.8. The molecule has 168 valence electrons. The van der Waals surface area contributed by atoms with Crippen LogP contribution in [0.15, 0.2) is 73.8 Å². The van der Waals surface area contributed by atoms with Crippen LogP contribution >= 0.6 is 27.3 Å². The molecule has 11 heteroatoms. The smallest absolute Gasteiger partial charge is 0.322 e. The minimum absolute atomic E-state index is 0.0406. The molecule has 5 rings (SSSR count). The molecule has 1 aliphatic heterocycles. The van der Waals surface area contributed by atoms with Crippen molar-refractivity contribution in [2.24, 2.45) is 0 Å². The number of benzene rings is 2. The Morgan fingerprint density at radius 3 is 2.61 bits per heavy atom. The van der Waals surface area contributed by atoms with Crippen molar-refractivity contribution in [2.75, 3.05) is 16.2 Å². The lowest BCUT2D eigenvalue weighted by molar-refractivity contribution is 0.102. The van der Waals surface area contributed by atoms with Crippen LogP contribution in [0, 0.1) is 0 Å². The van der Waals surface area contributed by atoms with E-state index < -0.39 is 15.9 Å². The van der Waals surface area contributed by atoms with Crippen LogP contribution in [0.3, 0.4) is 0 Å². The number of aromatic nitrogens is 2. The average molecular weight is 545 g/mol. The van der Waals surface area contributed by atoms with Gasteiger partial charge >= 0.3 is 6.01 Å². The Kier molecular flexibility index (Phi) is 5.77. The Bertz CT molecular complexity index is 1430. The normalized spacial score (nSPS) is 13.5. The second-order valence-corrected chi connectivity index (χ2v) is 11.6. The fourth-order valence-corrected chi connectivity index (χ4v) is 6.47. The molecule has 0 radical (unpaired) electrons. The van der Waals surface area contributed by atoms with Crippen LogP contribution in [-0.2, 0) is 16.4 Å². The highest BCUT2D eigenvalue weighted by atomic mass is 79.9. The summed E-state index contributed by atoms with van der Waals surface area (Å²) in [6.45, 7) is 0.419. The summed E-state index contributed by atoms with van der Waals surface area (Å²) in [6.07, 6.45) is 1.60. The van der Waals surface area contributed by atoms with Crippen LogP contribution < -0.4 is 9.62 Å². The van der Waals surface area contributed by atoms with E-state index in [1.54, 1.807) is 0 Å². The molecule has 0 saturated heterocycles. The maximum Gasteiger partial charge on any atom is 0.322 e. The number of aryl methyl sites for hydroxylation is 1. The van der Waals surface area contributed by atoms with E-state index >= 15 is 0 Å². The Morgan fingerprint density at radius 2 is 1.85 bits per heavy atom. The molecule has 2 aromatic heterocycles. The lowest BCUT2D eigenvalue weighted by atomic mass is 10.0. The molecule has 1 amide bonds. The van der Waals surface area contributed by atoms with Gasteiger partial charge in [0.1, 0.15) is 0 Å². The van der Waals surface area contributed by atoms with Gasteiger partial charge in [-0.15, -0.1) is 16.4 Å². The number of sulfonamides is 1. The summed E-state index contributed by atoms with van der Waals surface area (Å²) in [6, 6.07) is 17.0. The summed E-state index contributed by atoms with van der Waals surface area (Å²) in [5, 5.41) is 10.3. The number of amides is 1. The number of carbonyl (C=O) groups is 1. The zero-order valence-electron chi connectivity index (χ0n) is 17.1. The molecule has 0 spiro atoms. The molecule has 8 nitrogen and oxygen atoms in total. The molecule has 1 aliphatic rings. The molecule has 2 aromatic carbocycles. The van der Waals surface area contributed by atoms with E-state index in [1.807, 2.05) is 36.4 Å². The number of thiophene rings is 1. The third-order valence-electron chi connectivity index (χ3n) is 5.20. The fourth-order valence-electron chi connectivity index (χ4n) is 3.63. The van der Waals surface area contributed by atoms with Crippen LogP contribution in [0.25, 0.3) is 10.8 Å². The van der Waals surface area contributed by atoms with E-state index in [4.69, 9.17) is 4.42 Å². The van der Waals surface area contributed by atoms with Crippen molar-refractivity contribution in [1.82, 2.24) is 10.2 Å². The van der Waals surface area contributed by atoms with E-state index in [0.717, 1.165) is 27.1 Å². The van der Waals surface area contributed by atoms with Crippen molar-refractivity contribution < 1.29 is 17.6 Å². The number of hydrogen-bond acceptors (Lipinski definition) is 7. The number of halogens is 1. The minimum Gasteiger partial charge on any atom is -0.402 e. The molecule has 0 fully saturated rings. The third-order valence-corrected chi connectivity index (χ3v) is 8.64. The van der Waals surface area contributed by atoms with Crippen molar-refractivity contribution in [3.8, 4) is 10.8 Å². The maximum absolute atomic E-state index is 13.3. The Labute approximate surface area is 202 Å². The minimum atomic E-state index is -3.74. The number of nitrogens with zero attached hydrogens (tertiary/aromatic N) is 3. The quantitative estimate of drug-likeness (QED) is 0.380. The molecule has 1 N–H and O–H groups in total. The number of para-hydroxylation sites is 1. The van der Waals surface area contributed by atoms with E-state index in [9.17, 15) is 13.2 Å².